The molecule has 0 fully saturated rings. The SMILES string of the molecule is CCCS(=O)(=O)N1CCCc2ccc(NS(=O)(=O)CC)cc21. The molecule has 0 unspecified atom stereocenters. The molecule has 1 aromatic carbocycles. The topological polar surface area (TPSA) is 83.6 Å². The van der Waals surface area contributed by atoms with Gasteiger partial charge in [-0.15, -0.1) is 0 Å². The molecule has 22 heavy (non-hydrogen) atoms. The van der Waals surface area contributed by atoms with Crippen LogP contribution in [0.4, 0.5) is 11.4 Å². The van der Waals surface area contributed by atoms with E-state index in [2.05, 4.69) is 4.72 Å². The number of rotatable bonds is 6. The highest BCUT2D eigenvalue weighted by Gasteiger charge is 2.27. The lowest BCUT2D eigenvalue weighted by atomic mass is 10.0. The Morgan fingerprint density at radius 3 is 2.55 bits per heavy atom. The maximum atomic E-state index is 12.4. The maximum absolute atomic E-state index is 12.4. The van der Waals surface area contributed by atoms with Crippen LogP contribution in [0.2, 0.25) is 0 Å². The zero-order valence-corrected chi connectivity index (χ0v) is 14.5. The first-order valence-corrected chi connectivity index (χ1v) is 10.7. The van der Waals surface area contributed by atoms with E-state index in [9.17, 15) is 16.8 Å². The molecular formula is C14H22N2O4S2. The molecule has 0 amide bonds. The molecule has 1 aliphatic heterocycles. The van der Waals surface area contributed by atoms with Crippen LogP contribution >= 0.6 is 0 Å². The molecule has 1 aromatic rings. The van der Waals surface area contributed by atoms with Crippen LogP contribution in [0.25, 0.3) is 0 Å². The summed E-state index contributed by atoms with van der Waals surface area (Å²) in [5.74, 6) is 0.0687. The Morgan fingerprint density at radius 1 is 1.18 bits per heavy atom. The third kappa shape index (κ3) is 3.73. The predicted octanol–water partition coefficient (Wildman–Crippen LogP) is 1.94. The van der Waals surface area contributed by atoms with E-state index in [0.29, 0.717) is 24.3 Å². The summed E-state index contributed by atoms with van der Waals surface area (Å²) in [7, 11) is -6.74. The van der Waals surface area contributed by atoms with Crippen LogP contribution in [0.1, 0.15) is 32.3 Å². The average molecular weight is 346 g/mol. The monoisotopic (exact) mass is 346 g/mol. The van der Waals surface area contributed by atoms with E-state index in [-0.39, 0.29) is 11.5 Å². The molecule has 0 saturated heterocycles. The third-order valence-corrected chi connectivity index (χ3v) is 6.89. The highest BCUT2D eigenvalue weighted by molar-refractivity contribution is 7.93. The van der Waals surface area contributed by atoms with Gasteiger partial charge in [0.15, 0.2) is 0 Å². The molecule has 0 bridgehead atoms. The number of hydrogen-bond acceptors (Lipinski definition) is 4. The van der Waals surface area contributed by atoms with Gasteiger partial charge in [-0.05, 0) is 43.9 Å². The average Bonchev–Trinajstić information content (AvgIpc) is 2.46. The molecule has 124 valence electrons. The lowest BCUT2D eigenvalue weighted by molar-refractivity contribution is 0.585. The molecule has 0 aliphatic carbocycles. The second kappa shape index (κ2) is 6.45. The van der Waals surface area contributed by atoms with Gasteiger partial charge in [0.05, 0.1) is 22.9 Å². The lowest BCUT2D eigenvalue weighted by Crippen LogP contribution is -2.37. The molecule has 1 heterocycles. The van der Waals surface area contributed by atoms with Crippen molar-refractivity contribution in [2.75, 3.05) is 27.1 Å². The van der Waals surface area contributed by atoms with E-state index in [1.54, 1.807) is 25.1 Å². The predicted molar refractivity (Wildman–Crippen MR) is 89.3 cm³/mol. The maximum Gasteiger partial charge on any atom is 0.235 e. The first-order chi connectivity index (χ1) is 10.3. The Balaban J connectivity index is 2.41. The number of nitrogens with zero attached hydrogens (tertiary/aromatic N) is 1. The van der Waals surface area contributed by atoms with Crippen molar-refractivity contribution < 1.29 is 16.8 Å². The van der Waals surface area contributed by atoms with Crippen molar-refractivity contribution in [2.24, 2.45) is 0 Å². The van der Waals surface area contributed by atoms with Crippen LogP contribution in [0, 0.1) is 0 Å². The zero-order chi connectivity index (χ0) is 16.4. The first-order valence-electron chi connectivity index (χ1n) is 7.43. The van der Waals surface area contributed by atoms with Crippen molar-refractivity contribution >= 4 is 31.4 Å². The number of aryl methyl sites for hydroxylation is 1. The van der Waals surface area contributed by atoms with Gasteiger partial charge in [0.1, 0.15) is 0 Å². The first kappa shape index (κ1) is 17.1. The summed E-state index contributed by atoms with van der Waals surface area (Å²) < 4.78 is 52.0. The van der Waals surface area contributed by atoms with Crippen LogP contribution in [-0.4, -0.2) is 34.9 Å². The molecule has 8 heteroatoms. The number of benzene rings is 1. The molecule has 1 aliphatic rings. The summed E-state index contributed by atoms with van der Waals surface area (Å²) in [5, 5.41) is 0. The largest absolute Gasteiger partial charge is 0.283 e. The van der Waals surface area contributed by atoms with Crippen molar-refractivity contribution in [2.45, 2.75) is 33.1 Å². The Hall–Kier alpha value is -1.28. The highest BCUT2D eigenvalue weighted by Crippen LogP contribution is 2.32. The summed E-state index contributed by atoms with van der Waals surface area (Å²) in [6, 6.07) is 5.10. The van der Waals surface area contributed by atoms with Crippen LogP contribution in [0.15, 0.2) is 18.2 Å². The van der Waals surface area contributed by atoms with E-state index >= 15 is 0 Å². The summed E-state index contributed by atoms with van der Waals surface area (Å²) >= 11 is 0. The van der Waals surface area contributed by atoms with Crippen LogP contribution in [-0.2, 0) is 26.5 Å². The summed E-state index contributed by atoms with van der Waals surface area (Å²) in [5.41, 5.74) is 1.93. The molecule has 2 rings (SSSR count). The van der Waals surface area contributed by atoms with E-state index in [1.165, 1.54) is 4.31 Å². The lowest BCUT2D eigenvalue weighted by Gasteiger charge is -2.31. The molecular weight excluding hydrogens is 324 g/mol. The number of nitrogens with one attached hydrogen (secondary N) is 1. The Labute approximate surface area is 132 Å². The van der Waals surface area contributed by atoms with Gasteiger partial charge in [-0.1, -0.05) is 13.0 Å². The Morgan fingerprint density at radius 2 is 1.91 bits per heavy atom. The number of fused-ring (bicyclic) bond motifs is 1. The van der Waals surface area contributed by atoms with Crippen LogP contribution in [0.5, 0.6) is 0 Å². The van der Waals surface area contributed by atoms with Crippen molar-refractivity contribution in [3.63, 3.8) is 0 Å². The molecule has 0 spiro atoms. The van der Waals surface area contributed by atoms with Crippen molar-refractivity contribution in [1.29, 1.82) is 0 Å². The van der Waals surface area contributed by atoms with Crippen LogP contribution < -0.4 is 9.03 Å². The summed E-state index contributed by atoms with van der Waals surface area (Å²) in [6.45, 7) is 3.83. The van der Waals surface area contributed by atoms with E-state index in [0.717, 1.165) is 18.4 Å². The van der Waals surface area contributed by atoms with Gasteiger partial charge in [0.25, 0.3) is 0 Å². The highest BCUT2D eigenvalue weighted by atomic mass is 32.2. The minimum absolute atomic E-state index is 0.0259. The fourth-order valence-corrected chi connectivity index (χ4v) is 4.76. The van der Waals surface area contributed by atoms with Gasteiger partial charge in [-0.3, -0.25) is 9.03 Å². The third-order valence-electron chi connectivity index (χ3n) is 3.61. The smallest absolute Gasteiger partial charge is 0.235 e. The second-order valence-electron chi connectivity index (χ2n) is 5.34. The molecule has 0 atom stereocenters. The fraction of sp³-hybridized carbons (Fsp3) is 0.571. The van der Waals surface area contributed by atoms with Gasteiger partial charge < -0.3 is 0 Å². The molecule has 0 aromatic heterocycles. The molecule has 1 N–H and O–H groups in total. The van der Waals surface area contributed by atoms with Crippen molar-refractivity contribution in [3.8, 4) is 0 Å². The van der Waals surface area contributed by atoms with Gasteiger partial charge in [0.2, 0.25) is 20.0 Å². The minimum atomic E-state index is -3.38. The zero-order valence-electron chi connectivity index (χ0n) is 12.9. The van der Waals surface area contributed by atoms with Gasteiger partial charge in [0, 0.05) is 6.54 Å². The molecule has 0 saturated carbocycles. The quantitative estimate of drug-likeness (QED) is 0.853. The van der Waals surface area contributed by atoms with Crippen molar-refractivity contribution in [1.82, 2.24) is 0 Å². The van der Waals surface area contributed by atoms with Crippen molar-refractivity contribution in [3.05, 3.63) is 23.8 Å². The Bertz CT molecular complexity index is 742. The number of sulfonamides is 2. The standard InChI is InChI=1S/C14H22N2O4S2/c1-3-10-22(19,20)16-9-5-6-12-7-8-13(11-14(12)16)15-21(17,18)4-2/h7-8,11,15H,3-6,9-10H2,1-2H3. The molecule has 6 nitrogen and oxygen atoms in total. The number of hydrogen-bond donors (Lipinski definition) is 1. The summed E-state index contributed by atoms with van der Waals surface area (Å²) in [6.07, 6.45) is 2.13. The van der Waals surface area contributed by atoms with Gasteiger partial charge in [-0.25, -0.2) is 16.8 Å². The fourth-order valence-electron chi connectivity index (χ4n) is 2.51. The molecule has 0 radical (unpaired) electrons. The van der Waals surface area contributed by atoms with E-state index in [1.807, 2.05) is 6.92 Å². The number of anilines is 2. The van der Waals surface area contributed by atoms with E-state index in [4.69, 9.17) is 0 Å². The normalized spacial score (nSPS) is 15.5. The van der Waals surface area contributed by atoms with Gasteiger partial charge >= 0.3 is 0 Å². The Kier molecular flexibility index (Phi) is 5.01. The van der Waals surface area contributed by atoms with Gasteiger partial charge in [-0.2, -0.15) is 0 Å². The summed E-state index contributed by atoms with van der Waals surface area (Å²) in [4.78, 5) is 0. The minimum Gasteiger partial charge on any atom is -0.283 e. The van der Waals surface area contributed by atoms with Crippen LogP contribution in [0.3, 0.4) is 0 Å². The second-order valence-corrected chi connectivity index (χ2v) is 9.36. The van der Waals surface area contributed by atoms with E-state index < -0.39 is 20.0 Å².